The molecule has 1 saturated carbocycles. The quantitative estimate of drug-likeness (QED) is 0.902. The van der Waals surface area contributed by atoms with Crippen molar-refractivity contribution >= 4 is 0 Å². The van der Waals surface area contributed by atoms with Gasteiger partial charge in [-0.05, 0) is 25.2 Å². The van der Waals surface area contributed by atoms with Gasteiger partial charge in [0.25, 0.3) is 0 Å². The lowest BCUT2D eigenvalue weighted by Crippen LogP contribution is -2.54. The van der Waals surface area contributed by atoms with Crippen LogP contribution >= 0.6 is 0 Å². The third kappa shape index (κ3) is 3.64. The highest BCUT2D eigenvalue weighted by molar-refractivity contribution is 4.92. The lowest BCUT2D eigenvalue weighted by molar-refractivity contribution is 0.0822. The molecule has 1 saturated heterocycles. The Labute approximate surface area is 128 Å². The van der Waals surface area contributed by atoms with E-state index in [9.17, 15) is 0 Å². The summed E-state index contributed by atoms with van der Waals surface area (Å²) in [6.07, 6.45) is 9.91. The van der Waals surface area contributed by atoms with Crippen LogP contribution in [0.4, 0.5) is 0 Å². The molecule has 1 aliphatic heterocycles. The third-order valence-electron chi connectivity index (χ3n) is 5.07. The van der Waals surface area contributed by atoms with E-state index in [1.54, 1.807) is 6.33 Å². The first-order chi connectivity index (χ1) is 10.4. The molecule has 3 rings (SSSR count). The van der Waals surface area contributed by atoms with Crippen LogP contribution in [0.5, 0.6) is 0 Å². The maximum atomic E-state index is 4.50. The van der Waals surface area contributed by atoms with Crippen LogP contribution < -0.4 is 5.32 Å². The zero-order chi connectivity index (χ0) is 14.5. The zero-order valence-corrected chi connectivity index (χ0v) is 13.3. The Morgan fingerprint density at radius 2 is 2.14 bits per heavy atom. The molecule has 1 unspecified atom stereocenters. The summed E-state index contributed by atoms with van der Waals surface area (Å²) in [5, 5.41) is 7.97. The van der Waals surface area contributed by atoms with Crippen molar-refractivity contribution in [1.82, 2.24) is 25.0 Å². The van der Waals surface area contributed by atoms with E-state index in [2.05, 4.69) is 31.9 Å². The summed E-state index contributed by atoms with van der Waals surface area (Å²) in [7, 11) is 0. The Bertz CT molecular complexity index is 424. The number of aryl methyl sites for hydroxylation is 1. The van der Waals surface area contributed by atoms with E-state index in [1.807, 2.05) is 0 Å². The fourth-order valence-corrected chi connectivity index (χ4v) is 3.94. The van der Waals surface area contributed by atoms with E-state index in [-0.39, 0.29) is 0 Å². The number of aromatic nitrogens is 3. The largest absolute Gasteiger partial charge is 0.314 e. The molecule has 1 N–H and O–H groups in total. The maximum Gasteiger partial charge on any atom is 0.141 e. The summed E-state index contributed by atoms with van der Waals surface area (Å²) < 4.78 is 2.08. The summed E-state index contributed by atoms with van der Waals surface area (Å²) in [6, 6.07) is 0.686. The fraction of sp³-hybridized carbons (Fsp3) is 0.875. The van der Waals surface area contributed by atoms with Crippen LogP contribution in [0.1, 0.15) is 51.3 Å². The van der Waals surface area contributed by atoms with Crippen molar-refractivity contribution in [3.05, 3.63) is 12.2 Å². The minimum absolute atomic E-state index is 0.686. The van der Waals surface area contributed by atoms with Crippen molar-refractivity contribution in [2.24, 2.45) is 5.92 Å². The normalized spacial score (nSPS) is 25.3. The van der Waals surface area contributed by atoms with Gasteiger partial charge in [0.1, 0.15) is 12.2 Å². The summed E-state index contributed by atoms with van der Waals surface area (Å²) >= 11 is 0. The Kier molecular flexibility index (Phi) is 5.25. The molecule has 1 aromatic rings. The van der Waals surface area contributed by atoms with Crippen molar-refractivity contribution in [2.75, 3.05) is 19.6 Å². The van der Waals surface area contributed by atoms with E-state index in [4.69, 9.17) is 0 Å². The minimum Gasteiger partial charge on any atom is -0.314 e. The van der Waals surface area contributed by atoms with Gasteiger partial charge >= 0.3 is 0 Å². The van der Waals surface area contributed by atoms with Gasteiger partial charge in [0, 0.05) is 32.2 Å². The second kappa shape index (κ2) is 7.36. The van der Waals surface area contributed by atoms with E-state index < -0.39 is 0 Å². The minimum atomic E-state index is 0.686. The van der Waals surface area contributed by atoms with Crippen molar-refractivity contribution in [1.29, 1.82) is 0 Å². The molecule has 2 fully saturated rings. The number of nitrogens with one attached hydrogen (secondary N) is 1. The molecule has 0 radical (unpaired) electrons. The molecule has 0 amide bonds. The number of nitrogens with zero attached hydrogens (tertiary/aromatic N) is 4. The molecule has 1 aromatic heterocycles. The molecule has 118 valence electrons. The van der Waals surface area contributed by atoms with Crippen LogP contribution in [0.25, 0.3) is 0 Å². The van der Waals surface area contributed by atoms with E-state index >= 15 is 0 Å². The molecule has 5 nitrogen and oxygen atoms in total. The van der Waals surface area contributed by atoms with Gasteiger partial charge in [0.05, 0.1) is 6.54 Å². The molecular formula is C16H29N5. The van der Waals surface area contributed by atoms with E-state index in [0.29, 0.717) is 6.04 Å². The van der Waals surface area contributed by atoms with Crippen molar-refractivity contribution in [2.45, 2.75) is 64.6 Å². The van der Waals surface area contributed by atoms with Crippen LogP contribution in [-0.2, 0) is 13.1 Å². The predicted molar refractivity (Wildman–Crippen MR) is 84.0 cm³/mol. The van der Waals surface area contributed by atoms with Crippen molar-refractivity contribution in [3.8, 4) is 0 Å². The molecule has 1 aliphatic carbocycles. The first-order valence-electron chi connectivity index (χ1n) is 8.70. The van der Waals surface area contributed by atoms with Gasteiger partial charge in [-0.2, -0.15) is 5.10 Å². The van der Waals surface area contributed by atoms with Gasteiger partial charge in [-0.1, -0.05) is 26.2 Å². The number of hydrogen-bond donors (Lipinski definition) is 1. The molecule has 2 aliphatic rings. The van der Waals surface area contributed by atoms with E-state index in [0.717, 1.165) is 50.9 Å². The van der Waals surface area contributed by atoms with Gasteiger partial charge in [-0.3, -0.25) is 4.90 Å². The van der Waals surface area contributed by atoms with Gasteiger partial charge in [-0.15, -0.1) is 0 Å². The number of rotatable bonds is 5. The molecule has 5 heteroatoms. The second-order valence-corrected chi connectivity index (χ2v) is 6.54. The summed E-state index contributed by atoms with van der Waals surface area (Å²) in [5.74, 6) is 2.01. The molecule has 0 aromatic carbocycles. The second-order valence-electron chi connectivity index (χ2n) is 6.54. The Hall–Kier alpha value is -0.940. The van der Waals surface area contributed by atoms with Crippen LogP contribution in [0.3, 0.4) is 0 Å². The molecular weight excluding hydrogens is 262 g/mol. The molecule has 1 atom stereocenters. The highest BCUT2D eigenvalue weighted by Crippen LogP contribution is 2.30. The first kappa shape index (κ1) is 15.0. The van der Waals surface area contributed by atoms with Crippen LogP contribution in [-0.4, -0.2) is 45.3 Å². The summed E-state index contributed by atoms with van der Waals surface area (Å²) in [4.78, 5) is 7.15. The highest BCUT2D eigenvalue weighted by Gasteiger charge is 2.31. The molecule has 21 heavy (non-hydrogen) atoms. The Balaban J connectivity index is 1.67. The van der Waals surface area contributed by atoms with Gasteiger partial charge in [-0.25, -0.2) is 9.67 Å². The molecule has 0 spiro atoms. The summed E-state index contributed by atoms with van der Waals surface area (Å²) in [6.45, 7) is 7.53. The topological polar surface area (TPSA) is 46.0 Å². The Morgan fingerprint density at radius 3 is 2.95 bits per heavy atom. The lowest BCUT2D eigenvalue weighted by atomic mass is 9.82. The lowest BCUT2D eigenvalue weighted by Gasteiger charge is -2.42. The number of piperazine rings is 1. The average molecular weight is 291 g/mol. The van der Waals surface area contributed by atoms with Crippen molar-refractivity contribution < 1.29 is 0 Å². The average Bonchev–Trinajstić information content (AvgIpc) is 2.96. The fourth-order valence-electron chi connectivity index (χ4n) is 3.94. The maximum absolute atomic E-state index is 4.50. The van der Waals surface area contributed by atoms with Gasteiger partial charge in [0.15, 0.2) is 0 Å². The molecule has 2 heterocycles. The third-order valence-corrected chi connectivity index (χ3v) is 5.07. The standard InChI is InChI=1S/C16H29N5/c1-2-9-21-16(18-13-19-21)12-20-10-8-17-11-15(20)14-6-4-3-5-7-14/h13-15,17H,2-12H2,1H3. The Morgan fingerprint density at radius 1 is 1.29 bits per heavy atom. The van der Waals surface area contributed by atoms with Crippen LogP contribution in [0.15, 0.2) is 6.33 Å². The van der Waals surface area contributed by atoms with Gasteiger partial charge < -0.3 is 5.32 Å². The first-order valence-corrected chi connectivity index (χ1v) is 8.70. The van der Waals surface area contributed by atoms with E-state index in [1.165, 1.54) is 32.1 Å². The zero-order valence-electron chi connectivity index (χ0n) is 13.3. The predicted octanol–water partition coefficient (Wildman–Crippen LogP) is 2.04. The SMILES string of the molecule is CCCn1ncnc1CN1CCNCC1C1CCCCC1. The monoisotopic (exact) mass is 291 g/mol. The summed E-state index contributed by atoms with van der Waals surface area (Å²) in [5.41, 5.74) is 0. The van der Waals surface area contributed by atoms with Crippen molar-refractivity contribution in [3.63, 3.8) is 0 Å². The van der Waals surface area contributed by atoms with Gasteiger partial charge in [0.2, 0.25) is 0 Å². The smallest absolute Gasteiger partial charge is 0.141 e. The highest BCUT2D eigenvalue weighted by atomic mass is 15.4. The molecule has 0 bridgehead atoms. The number of hydrogen-bond acceptors (Lipinski definition) is 4. The van der Waals surface area contributed by atoms with Crippen LogP contribution in [0.2, 0.25) is 0 Å². The van der Waals surface area contributed by atoms with Crippen LogP contribution in [0, 0.1) is 5.92 Å².